The zero-order chi connectivity index (χ0) is 9.42. The van der Waals surface area contributed by atoms with Crippen molar-refractivity contribution < 1.29 is 4.74 Å². The minimum atomic E-state index is 0.532. The van der Waals surface area contributed by atoms with Crippen LogP contribution in [0.3, 0.4) is 0 Å². The molecule has 0 amide bonds. The highest BCUT2D eigenvalue weighted by molar-refractivity contribution is 9.10. The minimum absolute atomic E-state index is 0.532. The van der Waals surface area contributed by atoms with Gasteiger partial charge in [0.2, 0.25) is 5.88 Å². The van der Waals surface area contributed by atoms with Crippen LogP contribution in [0.4, 0.5) is 0 Å². The molecule has 0 fully saturated rings. The molecule has 68 valence electrons. The molecule has 2 aromatic heterocycles. The number of methoxy groups -OCH3 is 1. The van der Waals surface area contributed by atoms with Gasteiger partial charge in [0.25, 0.3) is 0 Å². The van der Waals surface area contributed by atoms with E-state index in [1.807, 2.05) is 7.05 Å². The number of aromatic nitrogens is 4. The van der Waals surface area contributed by atoms with Gasteiger partial charge in [-0.25, -0.2) is 14.6 Å². The Morgan fingerprint density at radius 3 is 2.92 bits per heavy atom. The number of aryl methyl sites for hydroxylation is 1. The Morgan fingerprint density at radius 2 is 2.23 bits per heavy atom. The average Bonchev–Trinajstić information content (AvgIpc) is 2.43. The second kappa shape index (κ2) is 2.95. The van der Waals surface area contributed by atoms with E-state index in [2.05, 4.69) is 31.0 Å². The van der Waals surface area contributed by atoms with Gasteiger partial charge in [-0.3, -0.25) is 0 Å². The Balaban J connectivity index is 2.88. The van der Waals surface area contributed by atoms with E-state index < -0.39 is 0 Å². The van der Waals surface area contributed by atoms with Crippen molar-refractivity contribution in [1.29, 1.82) is 0 Å². The van der Waals surface area contributed by atoms with Crippen LogP contribution in [0.15, 0.2) is 10.9 Å². The molecule has 2 heterocycles. The molecule has 13 heavy (non-hydrogen) atoms. The predicted octanol–water partition coefficient (Wildman–Crippen LogP) is 1.13. The summed E-state index contributed by atoms with van der Waals surface area (Å²) in [4.78, 5) is 8.07. The highest BCUT2D eigenvalue weighted by atomic mass is 79.9. The molecule has 0 saturated carbocycles. The summed E-state index contributed by atoms with van der Waals surface area (Å²) in [6.07, 6.45) is 1.45. The molecule has 0 radical (unpaired) electrons. The van der Waals surface area contributed by atoms with Gasteiger partial charge >= 0.3 is 0 Å². The van der Waals surface area contributed by atoms with Gasteiger partial charge in [-0.2, -0.15) is 5.10 Å². The standard InChI is InChI=1S/C7H7BrN4O/c1-12-6-4(5(8)11-12)7(13-2)10-3-9-6/h3H,1-2H3. The van der Waals surface area contributed by atoms with Crippen LogP contribution in [0.2, 0.25) is 0 Å². The Hall–Kier alpha value is -1.17. The molecule has 0 aliphatic rings. The quantitative estimate of drug-likeness (QED) is 0.753. The first kappa shape index (κ1) is 8.43. The molecule has 0 N–H and O–H groups in total. The van der Waals surface area contributed by atoms with Crippen LogP contribution in [0.25, 0.3) is 11.0 Å². The summed E-state index contributed by atoms with van der Waals surface area (Å²) in [6, 6.07) is 0. The maximum atomic E-state index is 5.09. The van der Waals surface area contributed by atoms with Crippen molar-refractivity contribution in [2.24, 2.45) is 7.05 Å². The number of hydrogen-bond donors (Lipinski definition) is 0. The predicted molar refractivity (Wildman–Crippen MR) is 50.6 cm³/mol. The maximum absolute atomic E-state index is 5.09. The van der Waals surface area contributed by atoms with Gasteiger partial charge in [0, 0.05) is 7.05 Å². The van der Waals surface area contributed by atoms with E-state index in [0.717, 1.165) is 11.0 Å². The van der Waals surface area contributed by atoms with Gasteiger partial charge in [-0.1, -0.05) is 0 Å². The van der Waals surface area contributed by atoms with Gasteiger partial charge in [0.15, 0.2) is 5.65 Å². The topological polar surface area (TPSA) is 52.8 Å². The Kier molecular flexibility index (Phi) is 1.91. The molecule has 6 heteroatoms. The number of fused-ring (bicyclic) bond motifs is 1. The van der Waals surface area contributed by atoms with Crippen molar-refractivity contribution in [2.75, 3.05) is 7.11 Å². The molecule has 0 atom stereocenters. The van der Waals surface area contributed by atoms with Crippen molar-refractivity contribution in [3.05, 3.63) is 10.9 Å². The minimum Gasteiger partial charge on any atom is -0.480 e. The maximum Gasteiger partial charge on any atom is 0.228 e. The summed E-state index contributed by atoms with van der Waals surface area (Å²) in [6.45, 7) is 0. The fraction of sp³-hybridized carbons (Fsp3) is 0.286. The lowest BCUT2D eigenvalue weighted by Gasteiger charge is -1.98. The SMILES string of the molecule is COc1ncnc2c1c(Br)nn2C. The van der Waals surface area contributed by atoms with Crippen molar-refractivity contribution in [3.63, 3.8) is 0 Å². The van der Waals surface area contributed by atoms with E-state index in [0.29, 0.717) is 10.5 Å². The molecule has 0 unspecified atom stereocenters. The average molecular weight is 243 g/mol. The molecule has 2 aromatic rings. The Morgan fingerprint density at radius 1 is 1.46 bits per heavy atom. The normalized spacial score (nSPS) is 10.7. The van der Waals surface area contributed by atoms with Crippen LogP contribution in [-0.4, -0.2) is 26.9 Å². The molecular formula is C7H7BrN4O. The number of halogens is 1. The van der Waals surface area contributed by atoms with Gasteiger partial charge in [0.05, 0.1) is 7.11 Å². The second-order valence-electron chi connectivity index (χ2n) is 2.50. The molecule has 0 aliphatic carbocycles. The first-order chi connectivity index (χ1) is 6.24. The van der Waals surface area contributed by atoms with Gasteiger partial charge in [0.1, 0.15) is 16.3 Å². The van der Waals surface area contributed by atoms with E-state index in [4.69, 9.17) is 4.74 Å². The van der Waals surface area contributed by atoms with Crippen LogP contribution in [0.5, 0.6) is 5.88 Å². The first-order valence-electron chi connectivity index (χ1n) is 3.61. The van der Waals surface area contributed by atoms with Crippen LogP contribution >= 0.6 is 15.9 Å². The van der Waals surface area contributed by atoms with Gasteiger partial charge in [-0.15, -0.1) is 0 Å². The largest absolute Gasteiger partial charge is 0.480 e. The summed E-state index contributed by atoms with van der Waals surface area (Å²) in [5.41, 5.74) is 0.749. The van der Waals surface area contributed by atoms with Gasteiger partial charge < -0.3 is 4.74 Å². The van der Waals surface area contributed by atoms with Crippen LogP contribution in [-0.2, 0) is 7.05 Å². The van der Waals surface area contributed by atoms with E-state index in [1.54, 1.807) is 11.8 Å². The third-order valence-corrected chi connectivity index (χ3v) is 2.29. The molecule has 2 rings (SSSR count). The number of nitrogens with zero attached hydrogens (tertiary/aromatic N) is 4. The second-order valence-corrected chi connectivity index (χ2v) is 3.25. The smallest absolute Gasteiger partial charge is 0.228 e. The molecule has 0 bridgehead atoms. The Bertz CT molecular complexity index is 453. The summed E-state index contributed by atoms with van der Waals surface area (Å²) in [5.74, 6) is 0.532. The third-order valence-electron chi connectivity index (χ3n) is 1.74. The van der Waals surface area contributed by atoms with E-state index in [1.165, 1.54) is 6.33 Å². The number of rotatable bonds is 1. The van der Waals surface area contributed by atoms with Crippen molar-refractivity contribution in [2.45, 2.75) is 0 Å². The molecule has 0 aliphatic heterocycles. The summed E-state index contributed by atoms with van der Waals surface area (Å²) in [5, 5.41) is 4.95. The van der Waals surface area contributed by atoms with Crippen LogP contribution in [0, 0.1) is 0 Å². The fourth-order valence-electron chi connectivity index (χ4n) is 1.17. The highest BCUT2D eigenvalue weighted by Crippen LogP contribution is 2.27. The zero-order valence-electron chi connectivity index (χ0n) is 7.15. The lowest BCUT2D eigenvalue weighted by atomic mass is 10.4. The number of hydrogen-bond acceptors (Lipinski definition) is 4. The van der Waals surface area contributed by atoms with Crippen molar-refractivity contribution >= 4 is 27.0 Å². The van der Waals surface area contributed by atoms with E-state index in [-0.39, 0.29) is 0 Å². The monoisotopic (exact) mass is 242 g/mol. The van der Waals surface area contributed by atoms with Gasteiger partial charge in [-0.05, 0) is 15.9 Å². The summed E-state index contributed by atoms with van der Waals surface area (Å²) >= 11 is 3.32. The highest BCUT2D eigenvalue weighted by Gasteiger charge is 2.12. The molecular weight excluding hydrogens is 236 g/mol. The van der Waals surface area contributed by atoms with E-state index in [9.17, 15) is 0 Å². The molecule has 0 spiro atoms. The summed E-state index contributed by atoms with van der Waals surface area (Å²) in [7, 11) is 3.39. The van der Waals surface area contributed by atoms with Crippen LogP contribution < -0.4 is 4.74 Å². The molecule has 5 nitrogen and oxygen atoms in total. The summed E-state index contributed by atoms with van der Waals surface area (Å²) < 4.78 is 7.45. The number of ether oxygens (including phenoxy) is 1. The molecule has 0 saturated heterocycles. The lowest BCUT2D eigenvalue weighted by Crippen LogP contribution is -1.93. The first-order valence-corrected chi connectivity index (χ1v) is 4.40. The third kappa shape index (κ3) is 1.17. The van der Waals surface area contributed by atoms with E-state index >= 15 is 0 Å². The lowest BCUT2D eigenvalue weighted by molar-refractivity contribution is 0.402. The Labute approximate surface area is 82.9 Å². The van der Waals surface area contributed by atoms with Crippen molar-refractivity contribution in [3.8, 4) is 5.88 Å². The van der Waals surface area contributed by atoms with Crippen LogP contribution in [0.1, 0.15) is 0 Å². The van der Waals surface area contributed by atoms with Crippen molar-refractivity contribution in [1.82, 2.24) is 19.7 Å². The zero-order valence-corrected chi connectivity index (χ0v) is 8.74. The molecule has 0 aromatic carbocycles. The fourth-order valence-corrected chi connectivity index (χ4v) is 1.76.